The van der Waals surface area contributed by atoms with Crippen LogP contribution in [-0.4, -0.2) is 42.1 Å². The average Bonchev–Trinajstić information content (AvgIpc) is 3.04. The lowest BCUT2D eigenvalue weighted by atomic mass is 9.95. The van der Waals surface area contributed by atoms with Crippen molar-refractivity contribution >= 4 is 17.7 Å². The van der Waals surface area contributed by atoms with Crippen LogP contribution in [-0.2, 0) is 16.0 Å². The molecule has 1 unspecified atom stereocenters. The van der Waals surface area contributed by atoms with Crippen LogP contribution >= 0.6 is 0 Å². The Morgan fingerprint density at radius 1 is 0.882 bits per heavy atom. The Morgan fingerprint density at radius 2 is 1.59 bits per heavy atom. The molecular formula is C28H27FN2O3. The van der Waals surface area contributed by atoms with Crippen molar-refractivity contribution < 1.29 is 18.7 Å². The summed E-state index contributed by atoms with van der Waals surface area (Å²) >= 11 is 0. The number of amides is 2. The first-order chi connectivity index (χ1) is 16.5. The Morgan fingerprint density at radius 3 is 2.32 bits per heavy atom. The van der Waals surface area contributed by atoms with Crippen LogP contribution < -0.4 is 4.90 Å². The fourth-order valence-corrected chi connectivity index (χ4v) is 4.85. The molecule has 5 nitrogen and oxygen atoms in total. The smallest absolute Gasteiger partial charge is 0.415 e. The van der Waals surface area contributed by atoms with Gasteiger partial charge < -0.3 is 9.64 Å². The van der Waals surface area contributed by atoms with E-state index in [1.807, 2.05) is 35.2 Å². The highest BCUT2D eigenvalue weighted by atomic mass is 19.1. The second kappa shape index (κ2) is 9.29. The third kappa shape index (κ3) is 4.67. The highest BCUT2D eigenvalue weighted by molar-refractivity contribution is 5.90. The van der Waals surface area contributed by atoms with Crippen molar-refractivity contribution in [2.24, 2.45) is 0 Å². The fourth-order valence-electron chi connectivity index (χ4n) is 4.85. The van der Waals surface area contributed by atoms with Gasteiger partial charge in [-0.2, -0.15) is 0 Å². The maximum Gasteiger partial charge on any atom is 0.415 e. The van der Waals surface area contributed by atoms with Gasteiger partial charge >= 0.3 is 6.09 Å². The van der Waals surface area contributed by atoms with Gasteiger partial charge in [0.15, 0.2) is 0 Å². The minimum absolute atomic E-state index is 0.0872. The quantitative estimate of drug-likeness (QED) is 0.523. The number of carbonyl (C=O) groups excluding carboxylic acids is 2. The highest BCUT2D eigenvalue weighted by Gasteiger charge is 2.46. The number of hydrogen-bond acceptors (Lipinski definition) is 3. The van der Waals surface area contributed by atoms with Crippen molar-refractivity contribution in [2.75, 3.05) is 24.5 Å². The number of anilines is 1. The monoisotopic (exact) mass is 458 g/mol. The van der Waals surface area contributed by atoms with Crippen LogP contribution in [0.25, 0.3) is 11.1 Å². The molecule has 0 aliphatic carbocycles. The molecule has 0 aromatic heterocycles. The lowest BCUT2D eigenvalue weighted by molar-refractivity contribution is -0.130. The zero-order chi connectivity index (χ0) is 23.5. The Labute approximate surface area is 198 Å². The average molecular weight is 459 g/mol. The Bertz CT molecular complexity index is 1160. The number of hydrogen-bond donors (Lipinski definition) is 0. The molecule has 1 atom stereocenters. The van der Waals surface area contributed by atoms with Crippen LogP contribution in [0.1, 0.15) is 24.8 Å². The predicted molar refractivity (Wildman–Crippen MR) is 129 cm³/mol. The molecule has 174 valence electrons. The largest absolute Gasteiger partial charge is 0.441 e. The molecule has 34 heavy (non-hydrogen) atoms. The van der Waals surface area contributed by atoms with E-state index in [1.165, 1.54) is 12.1 Å². The molecule has 2 aliphatic rings. The first-order valence-corrected chi connectivity index (χ1v) is 11.7. The summed E-state index contributed by atoms with van der Waals surface area (Å²) in [5.41, 5.74) is 3.27. The number of nitrogens with zero attached hydrogens (tertiary/aromatic N) is 2. The SMILES string of the molecule is O=C(Cc1ccc(-c2ccccc2)cc1)N1CCCC2(CC1)CN(c1ccc(F)cc1)C(=O)O2. The maximum absolute atomic E-state index is 13.3. The summed E-state index contributed by atoms with van der Waals surface area (Å²) in [7, 11) is 0. The van der Waals surface area contributed by atoms with Gasteiger partial charge in [0.1, 0.15) is 11.4 Å². The second-order valence-corrected chi connectivity index (χ2v) is 9.09. The first-order valence-electron chi connectivity index (χ1n) is 11.7. The van der Waals surface area contributed by atoms with E-state index < -0.39 is 11.7 Å². The molecule has 1 spiro atoms. The standard InChI is InChI=1S/C28H27FN2O3/c29-24-11-13-25(14-12-24)31-20-28(34-27(31)33)15-4-17-30(18-16-28)26(32)19-21-7-9-23(10-8-21)22-5-2-1-3-6-22/h1-3,5-14H,4,15-20H2. The molecule has 3 aromatic rings. The molecule has 2 saturated heterocycles. The summed E-state index contributed by atoms with van der Waals surface area (Å²) in [6.07, 6.45) is 2.00. The summed E-state index contributed by atoms with van der Waals surface area (Å²) in [6, 6.07) is 24.2. The van der Waals surface area contributed by atoms with E-state index in [9.17, 15) is 14.0 Å². The van der Waals surface area contributed by atoms with Crippen LogP contribution in [0.4, 0.5) is 14.9 Å². The van der Waals surface area contributed by atoms with Crippen LogP contribution in [0.15, 0.2) is 78.9 Å². The third-order valence-corrected chi connectivity index (χ3v) is 6.78. The van der Waals surface area contributed by atoms with E-state index in [0.29, 0.717) is 44.6 Å². The van der Waals surface area contributed by atoms with Crippen molar-refractivity contribution in [2.45, 2.75) is 31.3 Å². The normalized spacial score (nSPS) is 20.3. The van der Waals surface area contributed by atoms with Crippen molar-refractivity contribution in [3.05, 3.63) is 90.2 Å². The summed E-state index contributed by atoms with van der Waals surface area (Å²) in [4.78, 5) is 29.0. The molecule has 2 fully saturated rings. The molecule has 3 aromatic carbocycles. The van der Waals surface area contributed by atoms with Gasteiger partial charge in [-0.25, -0.2) is 9.18 Å². The van der Waals surface area contributed by atoms with Crippen LogP contribution in [0.5, 0.6) is 0 Å². The van der Waals surface area contributed by atoms with Gasteiger partial charge in [0.25, 0.3) is 0 Å². The number of benzene rings is 3. The number of halogens is 1. The topological polar surface area (TPSA) is 49.9 Å². The molecule has 2 amide bonds. The second-order valence-electron chi connectivity index (χ2n) is 9.09. The Balaban J connectivity index is 1.20. The minimum atomic E-state index is -0.613. The zero-order valence-corrected chi connectivity index (χ0v) is 19.0. The molecule has 0 saturated carbocycles. The van der Waals surface area contributed by atoms with Gasteiger partial charge in [0.05, 0.1) is 13.0 Å². The summed E-state index contributed by atoms with van der Waals surface area (Å²) < 4.78 is 19.1. The molecule has 0 N–H and O–H groups in total. The Kier molecular flexibility index (Phi) is 6.05. The van der Waals surface area contributed by atoms with Gasteiger partial charge in [0.2, 0.25) is 5.91 Å². The molecule has 2 heterocycles. The van der Waals surface area contributed by atoms with E-state index in [0.717, 1.165) is 23.1 Å². The van der Waals surface area contributed by atoms with Gasteiger partial charge in [0, 0.05) is 25.2 Å². The van der Waals surface area contributed by atoms with Gasteiger partial charge in [-0.3, -0.25) is 9.69 Å². The number of ether oxygens (including phenoxy) is 1. The van der Waals surface area contributed by atoms with Crippen molar-refractivity contribution in [1.82, 2.24) is 4.90 Å². The molecule has 2 aliphatic heterocycles. The molecule has 0 bridgehead atoms. The highest BCUT2D eigenvalue weighted by Crippen LogP contribution is 2.36. The van der Waals surface area contributed by atoms with Crippen LogP contribution in [0.2, 0.25) is 0 Å². The first kappa shape index (κ1) is 22.1. The van der Waals surface area contributed by atoms with Gasteiger partial charge in [-0.15, -0.1) is 0 Å². The lowest BCUT2D eigenvalue weighted by Gasteiger charge is -2.25. The predicted octanol–water partition coefficient (Wildman–Crippen LogP) is 5.44. The van der Waals surface area contributed by atoms with E-state index in [4.69, 9.17) is 4.74 Å². The zero-order valence-electron chi connectivity index (χ0n) is 19.0. The minimum Gasteiger partial charge on any atom is -0.441 e. The number of likely N-dealkylation sites (tertiary alicyclic amines) is 1. The summed E-state index contributed by atoms with van der Waals surface area (Å²) in [6.45, 7) is 1.61. The third-order valence-electron chi connectivity index (χ3n) is 6.78. The Hall–Kier alpha value is -3.67. The van der Waals surface area contributed by atoms with E-state index in [1.54, 1.807) is 17.0 Å². The number of carbonyl (C=O) groups is 2. The fraction of sp³-hybridized carbons (Fsp3) is 0.286. The van der Waals surface area contributed by atoms with Crippen molar-refractivity contribution in [3.8, 4) is 11.1 Å². The van der Waals surface area contributed by atoms with E-state index in [2.05, 4.69) is 24.3 Å². The maximum atomic E-state index is 13.3. The molecule has 6 heteroatoms. The lowest BCUT2D eigenvalue weighted by Crippen LogP contribution is -2.37. The molecule has 5 rings (SSSR count). The molecule has 0 radical (unpaired) electrons. The van der Waals surface area contributed by atoms with Crippen molar-refractivity contribution in [1.29, 1.82) is 0 Å². The van der Waals surface area contributed by atoms with Gasteiger partial charge in [-0.1, -0.05) is 54.6 Å². The summed E-state index contributed by atoms with van der Waals surface area (Å²) in [5.74, 6) is -0.256. The van der Waals surface area contributed by atoms with E-state index >= 15 is 0 Å². The van der Waals surface area contributed by atoms with Gasteiger partial charge in [-0.05, 0) is 53.8 Å². The van der Waals surface area contributed by atoms with Crippen LogP contribution in [0.3, 0.4) is 0 Å². The summed E-state index contributed by atoms with van der Waals surface area (Å²) in [5, 5.41) is 0. The van der Waals surface area contributed by atoms with Crippen molar-refractivity contribution in [3.63, 3.8) is 0 Å². The van der Waals surface area contributed by atoms with E-state index in [-0.39, 0.29) is 11.7 Å². The molecular weight excluding hydrogens is 431 g/mol. The number of rotatable bonds is 4. The van der Waals surface area contributed by atoms with Crippen LogP contribution in [0, 0.1) is 5.82 Å².